The summed E-state index contributed by atoms with van der Waals surface area (Å²) in [6.07, 6.45) is 8.32. The summed E-state index contributed by atoms with van der Waals surface area (Å²) in [5.41, 5.74) is 17.0. The van der Waals surface area contributed by atoms with Crippen molar-refractivity contribution in [3.63, 3.8) is 0 Å². The zero-order valence-corrected chi connectivity index (χ0v) is 29.7. The predicted octanol–water partition coefficient (Wildman–Crippen LogP) is 6.12. The first kappa shape index (κ1) is 32.6. The van der Waals surface area contributed by atoms with E-state index in [2.05, 4.69) is 41.6 Å². The molecule has 2 aliphatic carbocycles. The van der Waals surface area contributed by atoms with Gasteiger partial charge in [0.2, 0.25) is 0 Å². The first-order valence-electron chi connectivity index (χ1n) is 17.5. The third kappa shape index (κ3) is 4.88. The minimum Gasteiger partial charge on any atom is -0.389 e. The molecular weight excluding hydrogens is 654 g/mol. The summed E-state index contributed by atoms with van der Waals surface area (Å²) in [6.45, 7) is 7.26. The van der Waals surface area contributed by atoms with Gasteiger partial charge in [-0.3, -0.25) is 4.90 Å². The van der Waals surface area contributed by atoms with Crippen LogP contribution in [0.15, 0.2) is 29.0 Å². The van der Waals surface area contributed by atoms with E-state index in [9.17, 15) is 9.65 Å². The topological polar surface area (TPSA) is 165 Å². The van der Waals surface area contributed by atoms with E-state index in [1.807, 2.05) is 30.1 Å². The van der Waals surface area contributed by atoms with Crippen LogP contribution >= 0.6 is 11.3 Å². The third-order valence-electron chi connectivity index (χ3n) is 11.4. The summed E-state index contributed by atoms with van der Waals surface area (Å²) in [6, 6.07) is 5.92. The summed E-state index contributed by atoms with van der Waals surface area (Å²) >= 11 is 1.53. The van der Waals surface area contributed by atoms with Gasteiger partial charge < -0.3 is 20.9 Å². The maximum absolute atomic E-state index is 14.6. The van der Waals surface area contributed by atoms with E-state index in [1.54, 1.807) is 6.20 Å². The molecule has 0 aromatic carbocycles. The molecule has 4 N–H and O–H groups in total. The highest BCUT2D eigenvalue weighted by molar-refractivity contribution is 7.16. The van der Waals surface area contributed by atoms with E-state index in [4.69, 9.17) is 36.2 Å². The van der Waals surface area contributed by atoms with Crippen molar-refractivity contribution in [2.24, 2.45) is 0 Å². The Labute approximate surface area is 294 Å². The van der Waals surface area contributed by atoms with Crippen LogP contribution in [0.1, 0.15) is 97.9 Å². The number of rotatable bonds is 7. The fourth-order valence-electron chi connectivity index (χ4n) is 9.00. The third-order valence-corrected chi connectivity index (χ3v) is 12.5. The lowest BCUT2D eigenvalue weighted by molar-refractivity contribution is 0.231. The van der Waals surface area contributed by atoms with Gasteiger partial charge >= 0.3 is 0 Å². The number of nitrogens with two attached hydrogens (primary N) is 2. The van der Waals surface area contributed by atoms with Crippen molar-refractivity contribution in [3.8, 4) is 17.6 Å². The first-order valence-corrected chi connectivity index (χ1v) is 18.4. The van der Waals surface area contributed by atoms with Gasteiger partial charge in [-0.1, -0.05) is 11.2 Å². The maximum Gasteiger partial charge on any atom is 0.186 e. The van der Waals surface area contributed by atoms with Crippen molar-refractivity contribution >= 4 is 39.0 Å². The largest absolute Gasteiger partial charge is 0.389 e. The fourth-order valence-corrected chi connectivity index (χ4v) is 10.2. The van der Waals surface area contributed by atoms with Crippen molar-refractivity contribution < 1.29 is 8.91 Å². The second-order valence-electron chi connectivity index (χ2n) is 14.1. The molecule has 1 fully saturated rings. The minimum absolute atomic E-state index is 0.0427. The van der Waals surface area contributed by atoms with Gasteiger partial charge in [0.25, 0.3) is 0 Å². The summed E-state index contributed by atoms with van der Waals surface area (Å²) < 4.78 is 22.8. The number of likely N-dealkylation sites (N-methyl/N-ethyl adjacent to an activating group) is 1. The molecule has 0 unspecified atom stereocenters. The number of halogens is 1. The van der Waals surface area contributed by atoms with E-state index in [0.717, 1.165) is 66.4 Å². The van der Waals surface area contributed by atoms with Gasteiger partial charge in [0.15, 0.2) is 22.9 Å². The van der Waals surface area contributed by atoms with Gasteiger partial charge in [0.05, 0.1) is 34.6 Å². The van der Waals surface area contributed by atoms with E-state index >= 15 is 0 Å². The molecule has 0 amide bonds. The molecule has 12 nitrogen and oxygen atoms in total. The van der Waals surface area contributed by atoms with Crippen molar-refractivity contribution in [1.29, 1.82) is 5.26 Å². The maximum atomic E-state index is 14.6. The summed E-state index contributed by atoms with van der Waals surface area (Å²) in [5.74, 6) is 2.40. The Kier molecular flexibility index (Phi) is 8.02. The summed E-state index contributed by atoms with van der Waals surface area (Å²) in [4.78, 5) is 20.2. The molecule has 3 aliphatic rings. The number of nitriles is 1. The molecule has 14 heteroatoms. The van der Waals surface area contributed by atoms with Crippen molar-refractivity contribution in [2.45, 2.75) is 95.4 Å². The second-order valence-corrected chi connectivity index (χ2v) is 15.2. The Morgan fingerprint density at radius 1 is 1.22 bits per heavy atom. The molecule has 0 bridgehead atoms. The Morgan fingerprint density at radius 3 is 2.74 bits per heavy atom. The lowest BCUT2D eigenvalue weighted by Crippen LogP contribution is -2.35. The molecule has 5 atom stereocenters. The van der Waals surface area contributed by atoms with Gasteiger partial charge in [-0.15, -0.1) is 11.3 Å². The van der Waals surface area contributed by atoms with Gasteiger partial charge in [0.1, 0.15) is 28.9 Å². The number of hydrogen-bond donors (Lipinski definition) is 2. The number of pyridine rings is 1. The second kappa shape index (κ2) is 12.3. The molecule has 0 radical (unpaired) electrons. The lowest BCUT2D eigenvalue weighted by Gasteiger charge is -2.39. The molecule has 0 saturated carbocycles. The van der Waals surface area contributed by atoms with Crippen LogP contribution in [-0.2, 0) is 18.3 Å². The number of fused-ring (bicyclic) bond motifs is 5. The molecule has 1 saturated heterocycles. The van der Waals surface area contributed by atoms with Crippen LogP contribution in [0.5, 0.6) is 0 Å². The zero-order valence-electron chi connectivity index (χ0n) is 28.9. The lowest BCUT2D eigenvalue weighted by atomic mass is 9.63. The molecule has 8 rings (SSSR count). The van der Waals surface area contributed by atoms with E-state index in [1.165, 1.54) is 16.2 Å². The Morgan fingerprint density at radius 2 is 2.02 bits per heavy atom. The van der Waals surface area contributed by atoms with Gasteiger partial charge in [-0.05, 0) is 84.4 Å². The standard InChI is InChI=1S/C36H42FN11OS/c1-5-47(19(2)22-10-8-14-41-31(22)39)34-25-17-42-48(20(3)26-15-21(37)18-46(26)4)35(25)44-33(43-34)29-23-9-6-12-36(30(23)49-45-29)13-7-11-27-28(36)24(16-38)32(40)50-27/h8,10,14,17,19-21,26H,5-7,9,11-13,15,18,40H2,1-4H3,(H2,39,41)/t19-,20-,21+,26-,36-/m0/s1. The van der Waals surface area contributed by atoms with Gasteiger partial charge in [0, 0.05) is 41.3 Å². The van der Waals surface area contributed by atoms with Gasteiger partial charge in [-0.25, -0.2) is 24.0 Å². The number of nitrogen functional groups attached to an aromatic ring is 2. The molecule has 5 aromatic rings. The quantitative estimate of drug-likeness (QED) is 0.201. The van der Waals surface area contributed by atoms with Crippen molar-refractivity contribution in [1.82, 2.24) is 34.8 Å². The molecular formula is C36H42FN11OS. The molecule has 6 heterocycles. The van der Waals surface area contributed by atoms with Crippen LogP contribution in [0.4, 0.5) is 21.0 Å². The fraction of sp³-hybridized carbons (Fsp3) is 0.500. The first-order chi connectivity index (χ1) is 24.2. The number of aromatic nitrogens is 6. The highest BCUT2D eigenvalue weighted by atomic mass is 32.1. The van der Waals surface area contributed by atoms with Crippen LogP contribution in [0, 0.1) is 11.3 Å². The van der Waals surface area contributed by atoms with Crippen LogP contribution in [0.2, 0.25) is 0 Å². The Balaban J connectivity index is 1.31. The van der Waals surface area contributed by atoms with Crippen molar-refractivity contribution in [3.05, 3.63) is 57.4 Å². The Hall–Kier alpha value is -4.61. The number of alkyl halides is 1. The van der Waals surface area contributed by atoms with Crippen LogP contribution in [0.3, 0.4) is 0 Å². The summed E-state index contributed by atoms with van der Waals surface area (Å²) in [5, 5.41) is 21.1. The average Bonchev–Trinajstić information content (AvgIpc) is 3.89. The molecule has 5 aromatic heterocycles. The number of nitrogens with zero attached hydrogens (tertiary/aromatic N) is 9. The van der Waals surface area contributed by atoms with E-state index in [0.29, 0.717) is 58.9 Å². The van der Waals surface area contributed by atoms with Gasteiger partial charge in [-0.2, -0.15) is 10.4 Å². The van der Waals surface area contributed by atoms with E-state index < -0.39 is 11.6 Å². The minimum atomic E-state index is -0.884. The SMILES string of the molecule is CCN(c1nc(-c2noc3c2CCC[C@@]32CCCc3sc(N)c(C#N)c32)nc2c1cnn2[C@@H](C)[C@@H]1C[C@@H](F)CN1C)[C@@H](C)c1cccnc1N. The highest BCUT2D eigenvalue weighted by Gasteiger charge is 2.49. The van der Waals surface area contributed by atoms with Crippen LogP contribution < -0.4 is 16.4 Å². The molecule has 260 valence electrons. The normalized spacial score (nSPS) is 23.1. The number of anilines is 3. The summed E-state index contributed by atoms with van der Waals surface area (Å²) in [7, 11) is 1.96. The van der Waals surface area contributed by atoms with E-state index in [-0.39, 0.29) is 18.1 Å². The number of likely N-dealkylation sites (tertiary alicyclic amines) is 1. The number of hydrogen-bond acceptors (Lipinski definition) is 12. The smallest absolute Gasteiger partial charge is 0.186 e. The zero-order chi connectivity index (χ0) is 34.9. The highest BCUT2D eigenvalue weighted by Crippen LogP contribution is 2.55. The van der Waals surface area contributed by atoms with Crippen LogP contribution in [-0.4, -0.2) is 67.1 Å². The van der Waals surface area contributed by atoms with Crippen molar-refractivity contribution in [2.75, 3.05) is 36.5 Å². The monoisotopic (exact) mass is 695 g/mol. The molecule has 1 aliphatic heterocycles. The molecule has 50 heavy (non-hydrogen) atoms. The number of thiophene rings is 1. The molecule has 1 spiro atoms. The average molecular weight is 696 g/mol. The Bertz CT molecular complexity index is 2130. The predicted molar refractivity (Wildman–Crippen MR) is 192 cm³/mol. The number of aryl methyl sites for hydroxylation is 1. The van der Waals surface area contributed by atoms with Crippen LogP contribution in [0.25, 0.3) is 22.6 Å².